The van der Waals surface area contributed by atoms with Gasteiger partial charge in [-0.05, 0) is 153 Å². The third kappa shape index (κ3) is 6.63. The van der Waals surface area contributed by atoms with Crippen LogP contribution in [0.15, 0.2) is 231 Å². The summed E-state index contributed by atoms with van der Waals surface area (Å²) in [6, 6.07) is 83.9. The van der Waals surface area contributed by atoms with Gasteiger partial charge in [-0.2, -0.15) is 0 Å². The summed E-state index contributed by atoms with van der Waals surface area (Å²) in [7, 11) is 0. The quantitative estimate of drug-likeness (QED) is 0.149. The average molecular weight is 793 g/mol. The molecule has 1 aromatic heterocycles. The third-order valence-corrected chi connectivity index (χ3v) is 12.5. The van der Waals surface area contributed by atoms with Crippen LogP contribution in [0.1, 0.15) is 11.1 Å². The van der Waals surface area contributed by atoms with Gasteiger partial charge in [0, 0.05) is 33.5 Å². The Morgan fingerprint density at radius 3 is 1.50 bits per heavy atom. The van der Waals surface area contributed by atoms with Crippen molar-refractivity contribution in [3.05, 3.63) is 242 Å². The van der Waals surface area contributed by atoms with Gasteiger partial charge in [0.15, 0.2) is 0 Å². The monoisotopic (exact) mass is 792 g/mol. The van der Waals surface area contributed by atoms with Crippen LogP contribution in [0.5, 0.6) is 0 Å². The van der Waals surface area contributed by atoms with Crippen LogP contribution in [0.3, 0.4) is 0 Å². The van der Waals surface area contributed by atoms with E-state index in [0.29, 0.717) is 0 Å². The van der Waals surface area contributed by atoms with Crippen molar-refractivity contribution in [2.45, 2.75) is 13.8 Å². The minimum absolute atomic E-state index is 1.10. The van der Waals surface area contributed by atoms with Crippen molar-refractivity contribution in [2.75, 3.05) is 4.90 Å². The minimum Gasteiger partial charge on any atom is -0.310 e. The van der Waals surface area contributed by atoms with Crippen molar-refractivity contribution < 1.29 is 0 Å². The van der Waals surface area contributed by atoms with E-state index in [1.54, 1.807) is 0 Å². The molecular weight excluding hydrogens is 749 g/mol. The van der Waals surface area contributed by atoms with Gasteiger partial charge in [0.1, 0.15) is 0 Å². The molecule has 1 heterocycles. The molecule has 0 saturated heterocycles. The SMILES string of the molecule is Cc1ccccc1-c1ccc2cc3c4cc(-c5cccc(N(c6ccc(-c7ccccc7)cc6)c6ccc(-c7ccccc7)cc6)c5)ccc4n(-c4ccccc4)c3cc2c1C. The van der Waals surface area contributed by atoms with Crippen LogP contribution in [0.4, 0.5) is 17.1 Å². The summed E-state index contributed by atoms with van der Waals surface area (Å²) >= 11 is 0. The van der Waals surface area contributed by atoms with E-state index in [2.05, 4.69) is 254 Å². The lowest BCUT2D eigenvalue weighted by Gasteiger charge is -2.26. The number of hydrogen-bond acceptors (Lipinski definition) is 1. The fraction of sp³-hybridized carbons (Fsp3) is 0.0333. The van der Waals surface area contributed by atoms with Crippen molar-refractivity contribution in [3.8, 4) is 50.2 Å². The Kier molecular flexibility index (Phi) is 9.32. The molecule has 10 aromatic carbocycles. The number of para-hydroxylation sites is 1. The van der Waals surface area contributed by atoms with E-state index in [-0.39, 0.29) is 0 Å². The van der Waals surface area contributed by atoms with Crippen LogP contribution in [0.2, 0.25) is 0 Å². The van der Waals surface area contributed by atoms with Gasteiger partial charge in [0.05, 0.1) is 11.0 Å². The summed E-state index contributed by atoms with van der Waals surface area (Å²) in [5.74, 6) is 0. The van der Waals surface area contributed by atoms with Crippen molar-refractivity contribution in [2.24, 2.45) is 0 Å². The Hall–Kier alpha value is -7.94. The first-order chi connectivity index (χ1) is 30.6. The molecule has 0 aliphatic rings. The molecule has 0 saturated carbocycles. The first-order valence-corrected chi connectivity index (χ1v) is 21.4. The molecule has 11 rings (SSSR count). The highest BCUT2D eigenvalue weighted by molar-refractivity contribution is 6.15. The third-order valence-electron chi connectivity index (χ3n) is 12.5. The number of nitrogens with zero attached hydrogens (tertiary/aromatic N) is 2. The molecule has 0 radical (unpaired) electrons. The largest absolute Gasteiger partial charge is 0.310 e. The summed E-state index contributed by atoms with van der Waals surface area (Å²) in [5, 5.41) is 5.01. The molecule has 2 heteroatoms. The molecule has 0 fully saturated rings. The lowest BCUT2D eigenvalue weighted by atomic mass is 9.92. The highest BCUT2D eigenvalue weighted by atomic mass is 15.1. The molecule has 0 aliphatic carbocycles. The Labute approximate surface area is 363 Å². The van der Waals surface area contributed by atoms with E-state index in [9.17, 15) is 0 Å². The summed E-state index contributed by atoms with van der Waals surface area (Å²) in [6.45, 7) is 4.47. The molecule has 0 unspecified atom stereocenters. The van der Waals surface area contributed by atoms with Crippen LogP contribution in [0, 0.1) is 13.8 Å². The van der Waals surface area contributed by atoms with Crippen LogP contribution in [-0.2, 0) is 0 Å². The number of benzene rings is 10. The highest BCUT2D eigenvalue weighted by Crippen LogP contribution is 2.42. The zero-order valence-corrected chi connectivity index (χ0v) is 34.8. The number of aromatic nitrogens is 1. The van der Waals surface area contributed by atoms with Gasteiger partial charge in [-0.25, -0.2) is 0 Å². The first kappa shape index (κ1) is 37.1. The lowest BCUT2D eigenvalue weighted by Crippen LogP contribution is -2.10. The highest BCUT2D eigenvalue weighted by Gasteiger charge is 2.18. The number of rotatable bonds is 8. The summed E-state index contributed by atoms with van der Waals surface area (Å²) in [5.41, 5.74) is 19.2. The zero-order chi connectivity index (χ0) is 41.6. The topological polar surface area (TPSA) is 8.17 Å². The molecule has 0 aliphatic heterocycles. The minimum atomic E-state index is 1.10. The maximum Gasteiger partial charge on any atom is 0.0547 e. The number of aryl methyl sites for hydroxylation is 2. The van der Waals surface area contributed by atoms with Gasteiger partial charge in [0.2, 0.25) is 0 Å². The van der Waals surface area contributed by atoms with Crippen LogP contribution in [0.25, 0.3) is 82.8 Å². The van der Waals surface area contributed by atoms with E-state index in [4.69, 9.17) is 0 Å². The number of hydrogen-bond donors (Lipinski definition) is 0. The van der Waals surface area contributed by atoms with Crippen LogP contribution in [-0.4, -0.2) is 4.57 Å². The first-order valence-electron chi connectivity index (χ1n) is 21.4. The molecule has 0 atom stereocenters. The maximum atomic E-state index is 2.43. The van der Waals surface area contributed by atoms with Gasteiger partial charge >= 0.3 is 0 Å². The molecule has 62 heavy (non-hydrogen) atoms. The predicted octanol–water partition coefficient (Wildman–Crippen LogP) is 16.7. The van der Waals surface area contributed by atoms with Crippen LogP contribution < -0.4 is 4.90 Å². The van der Waals surface area contributed by atoms with E-state index in [1.165, 1.54) is 82.6 Å². The fourth-order valence-electron chi connectivity index (χ4n) is 9.33. The Bertz CT molecular complexity index is 3300. The average Bonchev–Trinajstić information content (AvgIpc) is 3.65. The van der Waals surface area contributed by atoms with Gasteiger partial charge in [0.25, 0.3) is 0 Å². The van der Waals surface area contributed by atoms with E-state index >= 15 is 0 Å². The predicted molar refractivity (Wildman–Crippen MR) is 264 cm³/mol. The molecule has 11 aromatic rings. The van der Waals surface area contributed by atoms with Crippen molar-refractivity contribution in [1.29, 1.82) is 0 Å². The summed E-state index contributed by atoms with van der Waals surface area (Å²) in [4.78, 5) is 2.37. The summed E-state index contributed by atoms with van der Waals surface area (Å²) in [6.07, 6.45) is 0. The van der Waals surface area contributed by atoms with E-state index in [0.717, 1.165) is 28.3 Å². The number of anilines is 3. The Morgan fingerprint density at radius 2 is 0.855 bits per heavy atom. The number of fused-ring (bicyclic) bond motifs is 4. The van der Waals surface area contributed by atoms with E-state index < -0.39 is 0 Å². The molecule has 0 N–H and O–H groups in total. The van der Waals surface area contributed by atoms with Gasteiger partial charge in [-0.1, -0.05) is 158 Å². The Morgan fingerprint density at radius 1 is 0.323 bits per heavy atom. The van der Waals surface area contributed by atoms with Gasteiger partial charge < -0.3 is 9.47 Å². The molecular formula is C60H44N2. The summed E-state index contributed by atoms with van der Waals surface area (Å²) < 4.78 is 2.43. The van der Waals surface area contributed by atoms with E-state index in [1.807, 2.05) is 0 Å². The smallest absolute Gasteiger partial charge is 0.0547 e. The second-order valence-corrected chi connectivity index (χ2v) is 16.3. The van der Waals surface area contributed by atoms with Crippen molar-refractivity contribution in [1.82, 2.24) is 4.57 Å². The Balaban J connectivity index is 1.05. The van der Waals surface area contributed by atoms with Crippen molar-refractivity contribution in [3.63, 3.8) is 0 Å². The molecule has 0 spiro atoms. The molecule has 0 bridgehead atoms. The molecule has 2 nitrogen and oxygen atoms in total. The lowest BCUT2D eigenvalue weighted by molar-refractivity contribution is 1.18. The molecule has 0 amide bonds. The zero-order valence-electron chi connectivity index (χ0n) is 34.8. The second kappa shape index (κ2) is 15.6. The molecule has 294 valence electrons. The van der Waals surface area contributed by atoms with Gasteiger partial charge in [-0.3, -0.25) is 0 Å². The normalized spacial score (nSPS) is 11.4. The van der Waals surface area contributed by atoms with Crippen molar-refractivity contribution >= 4 is 49.6 Å². The second-order valence-electron chi connectivity index (χ2n) is 16.3. The fourth-order valence-corrected chi connectivity index (χ4v) is 9.33. The standard InChI is InChI=1S/C60H44N2/c1-41-15-12-13-24-54(41)55-35-29-49-39-58-57-38-48(30-36-59(57)62(50-21-10-5-11-22-50)60(58)40-56(49)42(55)2)47-20-14-23-53(37-47)61(51-31-25-45(26-32-51)43-16-6-3-7-17-43)52-33-27-46(28-34-52)44-18-8-4-9-19-44/h3-40H,1-2H3. The van der Waals surface area contributed by atoms with Crippen LogP contribution >= 0.6 is 0 Å². The maximum absolute atomic E-state index is 2.43. The van der Waals surface area contributed by atoms with Gasteiger partial charge in [-0.15, -0.1) is 0 Å².